The summed E-state index contributed by atoms with van der Waals surface area (Å²) in [5, 5.41) is 0.674. The molecular weight excluding hydrogens is 320 g/mol. The molecule has 0 spiro atoms. The largest absolute Gasteiger partial charge is 0.431 e. The van der Waals surface area contributed by atoms with Crippen molar-refractivity contribution in [3.8, 4) is 0 Å². The van der Waals surface area contributed by atoms with Gasteiger partial charge in [-0.05, 0) is 42.7 Å². The summed E-state index contributed by atoms with van der Waals surface area (Å²) >= 11 is 1.57. The summed E-state index contributed by atoms with van der Waals surface area (Å²) in [6.07, 6.45) is 2.23. The third kappa shape index (κ3) is 3.17. The van der Waals surface area contributed by atoms with Crippen molar-refractivity contribution in [2.75, 3.05) is 13.1 Å². The smallest absolute Gasteiger partial charge is 0.257 e. The van der Waals surface area contributed by atoms with E-state index in [-0.39, 0.29) is 5.91 Å². The Kier molecular flexibility index (Phi) is 4.26. The summed E-state index contributed by atoms with van der Waals surface area (Å²) in [6.45, 7) is 1.77. The van der Waals surface area contributed by atoms with Gasteiger partial charge in [-0.1, -0.05) is 36.0 Å². The summed E-state index contributed by atoms with van der Waals surface area (Å²) in [7, 11) is 0. The zero-order chi connectivity index (χ0) is 16.4. The van der Waals surface area contributed by atoms with Crippen LogP contribution in [0.3, 0.4) is 0 Å². The summed E-state index contributed by atoms with van der Waals surface area (Å²) < 4.78 is 5.71. The molecule has 3 aromatic rings. The molecule has 0 atom stereocenters. The Labute approximate surface area is 144 Å². The summed E-state index contributed by atoms with van der Waals surface area (Å²) in [6, 6.07) is 15.6. The second-order valence-corrected chi connectivity index (χ2v) is 6.86. The lowest BCUT2D eigenvalue weighted by Crippen LogP contribution is -2.27. The van der Waals surface area contributed by atoms with Gasteiger partial charge in [-0.15, -0.1) is 0 Å². The van der Waals surface area contributed by atoms with Crippen molar-refractivity contribution in [3.63, 3.8) is 0 Å². The number of para-hydroxylation sites is 2. The number of amides is 1. The minimum atomic E-state index is 0.144. The van der Waals surface area contributed by atoms with Crippen LogP contribution in [0.15, 0.2) is 58.2 Å². The molecule has 1 fully saturated rings. The van der Waals surface area contributed by atoms with Crippen LogP contribution < -0.4 is 0 Å². The number of hydrogen-bond donors (Lipinski definition) is 0. The van der Waals surface area contributed by atoms with E-state index in [0.29, 0.717) is 5.22 Å². The van der Waals surface area contributed by atoms with E-state index in [2.05, 4.69) is 4.98 Å². The SMILES string of the molecule is O=C(c1ccc(CSc2nc3ccccc3o2)cc1)N1CCCC1. The average molecular weight is 338 g/mol. The number of thioether (sulfide) groups is 1. The van der Waals surface area contributed by atoms with Gasteiger partial charge in [-0.2, -0.15) is 0 Å². The van der Waals surface area contributed by atoms with Gasteiger partial charge in [-0.25, -0.2) is 4.98 Å². The van der Waals surface area contributed by atoms with Crippen LogP contribution in [0.5, 0.6) is 0 Å². The lowest BCUT2D eigenvalue weighted by Gasteiger charge is -2.15. The molecule has 4 rings (SSSR count). The minimum Gasteiger partial charge on any atom is -0.431 e. The molecule has 4 nitrogen and oxygen atoms in total. The highest BCUT2D eigenvalue weighted by atomic mass is 32.2. The van der Waals surface area contributed by atoms with Crippen LogP contribution in [0, 0.1) is 0 Å². The van der Waals surface area contributed by atoms with E-state index in [4.69, 9.17) is 4.42 Å². The maximum atomic E-state index is 12.3. The standard InChI is InChI=1S/C19H18N2O2S/c22-18(21-11-3-4-12-21)15-9-7-14(8-10-15)13-24-19-20-16-5-1-2-6-17(16)23-19/h1-2,5-10H,3-4,11-13H2. The van der Waals surface area contributed by atoms with E-state index in [1.54, 1.807) is 11.8 Å². The molecule has 0 N–H and O–H groups in total. The first-order chi connectivity index (χ1) is 11.8. The third-order valence-electron chi connectivity index (χ3n) is 4.23. The number of aromatic nitrogens is 1. The van der Waals surface area contributed by atoms with Gasteiger partial charge in [0, 0.05) is 24.4 Å². The van der Waals surface area contributed by atoms with E-state index in [1.807, 2.05) is 53.4 Å². The second-order valence-electron chi connectivity index (χ2n) is 5.93. The number of carbonyl (C=O) groups excluding carboxylic acids is 1. The Bertz CT molecular complexity index is 818. The van der Waals surface area contributed by atoms with Crippen LogP contribution >= 0.6 is 11.8 Å². The second kappa shape index (κ2) is 6.69. The first-order valence-electron chi connectivity index (χ1n) is 8.16. The first kappa shape index (κ1) is 15.3. The minimum absolute atomic E-state index is 0.144. The Morgan fingerprint density at radius 2 is 1.83 bits per heavy atom. The number of benzene rings is 2. The van der Waals surface area contributed by atoms with Crippen LogP contribution in [0.4, 0.5) is 0 Å². The molecule has 5 heteroatoms. The van der Waals surface area contributed by atoms with E-state index in [0.717, 1.165) is 53.9 Å². The number of nitrogens with zero attached hydrogens (tertiary/aromatic N) is 2. The zero-order valence-corrected chi connectivity index (χ0v) is 14.1. The summed E-state index contributed by atoms with van der Waals surface area (Å²) in [4.78, 5) is 18.7. The molecule has 1 amide bonds. The van der Waals surface area contributed by atoms with E-state index in [9.17, 15) is 4.79 Å². The Balaban J connectivity index is 1.40. The van der Waals surface area contributed by atoms with Crippen molar-refractivity contribution in [3.05, 3.63) is 59.7 Å². The molecule has 0 bridgehead atoms. The third-order valence-corrected chi connectivity index (χ3v) is 5.13. The fourth-order valence-corrected chi connectivity index (χ4v) is 3.70. The van der Waals surface area contributed by atoms with Gasteiger partial charge in [0.2, 0.25) is 0 Å². The molecular formula is C19H18N2O2S. The topological polar surface area (TPSA) is 46.3 Å². The maximum absolute atomic E-state index is 12.3. The Morgan fingerprint density at radius 3 is 2.58 bits per heavy atom. The zero-order valence-electron chi connectivity index (χ0n) is 13.3. The van der Waals surface area contributed by atoms with E-state index < -0.39 is 0 Å². The quantitative estimate of drug-likeness (QED) is 0.663. The van der Waals surface area contributed by atoms with Crippen molar-refractivity contribution in [2.24, 2.45) is 0 Å². The Hall–Kier alpha value is -2.27. The molecule has 1 aliphatic heterocycles. The van der Waals surface area contributed by atoms with Crippen molar-refractivity contribution in [1.82, 2.24) is 9.88 Å². The van der Waals surface area contributed by atoms with Crippen LogP contribution in [0.25, 0.3) is 11.1 Å². The number of rotatable bonds is 4. The van der Waals surface area contributed by atoms with Crippen molar-refractivity contribution in [2.45, 2.75) is 23.8 Å². The molecule has 24 heavy (non-hydrogen) atoms. The highest BCUT2D eigenvalue weighted by Gasteiger charge is 2.19. The van der Waals surface area contributed by atoms with Crippen LogP contribution in [0.2, 0.25) is 0 Å². The fraction of sp³-hybridized carbons (Fsp3) is 0.263. The predicted molar refractivity (Wildman–Crippen MR) is 95.1 cm³/mol. The number of oxazole rings is 1. The molecule has 2 heterocycles. The van der Waals surface area contributed by atoms with Gasteiger partial charge in [0.15, 0.2) is 5.58 Å². The molecule has 0 unspecified atom stereocenters. The maximum Gasteiger partial charge on any atom is 0.257 e. The molecule has 2 aromatic carbocycles. The molecule has 0 saturated carbocycles. The lowest BCUT2D eigenvalue weighted by molar-refractivity contribution is 0.0793. The molecule has 0 aliphatic carbocycles. The van der Waals surface area contributed by atoms with E-state index >= 15 is 0 Å². The van der Waals surface area contributed by atoms with Gasteiger partial charge < -0.3 is 9.32 Å². The highest BCUT2D eigenvalue weighted by molar-refractivity contribution is 7.98. The number of carbonyl (C=O) groups is 1. The van der Waals surface area contributed by atoms with Gasteiger partial charge in [-0.3, -0.25) is 4.79 Å². The van der Waals surface area contributed by atoms with Crippen molar-refractivity contribution >= 4 is 28.8 Å². The molecule has 122 valence electrons. The van der Waals surface area contributed by atoms with Crippen LogP contribution in [-0.2, 0) is 5.75 Å². The predicted octanol–water partition coefficient (Wildman–Crippen LogP) is 4.36. The highest BCUT2D eigenvalue weighted by Crippen LogP contribution is 2.26. The van der Waals surface area contributed by atoms with Crippen molar-refractivity contribution < 1.29 is 9.21 Å². The van der Waals surface area contributed by atoms with E-state index in [1.165, 1.54) is 0 Å². The normalized spacial score (nSPS) is 14.4. The lowest BCUT2D eigenvalue weighted by atomic mass is 10.1. The van der Waals surface area contributed by atoms with Crippen molar-refractivity contribution in [1.29, 1.82) is 0 Å². The van der Waals surface area contributed by atoms with Gasteiger partial charge >= 0.3 is 0 Å². The molecule has 0 radical (unpaired) electrons. The van der Waals surface area contributed by atoms with Gasteiger partial charge in [0.1, 0.15) is 5.52 Å². The molecule has 1 aliphatic rings. The van der Waals surface area contributed by atoms with Crippen LogP contribution in [-0.4, -0.2) is 28.9 Å². The fourth-order valence-electron chi connectivity index (χ4n) is 2.90. The first-order valence-corrected chi connectivity index (χ1v) is 9.15. The number of hydrogen-bond acceptors (Lipinski definition) is 4. The Morgan fingerprint density at radius 1 is 1.08 bits per heavy atom. The number of likely N-dealkylation sites (tertiary alicyclic amines) is 1. The average Bonchev–Trinajstić information content (AvgIpc) is 3.29. The summed E-state index contributed by atoms with van der Waals surface area (Å²) in [5.41, 5.74) is 3.62. The van der Waals surface area contributed by atoms with Crippen LogP contribution in [0.1, 0.15) is 28.8 Å². The van der Waals surface area contributed by atoms with Gasteiger partial charge in [0.25, 0.3) is 11.1 Å². The number of fused-ring (bicyclic) bond motifs is 1. The molecule has 1 aromatic heterocycles. The molecule has 1 saturated heterocycles. The van der Waals surface area contributed by atoms with Gasteiger partial charge in [0.05, 0.1) is 0 Å². The monoisotopic (exact) mass is 338 g/mol. The summed E-state index contributed by atoms with van der Waals surface area (Å²) in [5.74, 6) is 0.913.